The van der Waals surface area contributed by atoms with Crippen LogP contribution in [0.1, 0.15) is 50.0 Å². The van der Waals surface area contributed by atoms with Gasteiger partial charge in [-0.15, -0.1) is 11.3 Å². The zero-order chi connectivity index (χ0) is 15.6. The Labute approximate surface area is 130 Å². The fourth-order valence-corrected chi connectivity index (χ4v) is 2.55. The van der Waals surface area contributed by atoms with Gasteiger partial charge in [-0.1, -0.05) is 27.7 Å². The van der Waals surface area contributed by atoms with Crippen molar-refractivity contribution in [3.63, 3.8) is 0 Å². The smallest absolute Gasteiger partial charge is 0.138 e. The van der Waals surface area contributed by atoms with Gasteiger partial charge in [-0.05, 0) is 6.92 Å². The number of hydrogen-bond donors (Lipinski definition) is 2. The monoisotopic (exact) mass is 305 g/mol. The van der Waals surface area contributed by atoms with E-state index in [9.17, 15) is 0 Å². The molecule has 0 aliphatic heterocycles. The van der Waals surface area contributed by atoms with E-state index < -0.39 is 0 Å². The number of nitrogen functional groups attached to an aromatic ring is 1. The molecule has 2 rings (SSSR count). The van der Waals surface area contributed by atoms with Crippen LogP contribution < -0.4 is 11.1 Å². The molecule has 1 unspecified atom stereocenters. The lowest BCUT2D eigenvalue weighted by molar-refractivity contribution is 0.546. The first-order valence-electron chi connectivity index (χ1n) is 7.07. The van der Waals surface area contributed by atoms with Crippen LogP contribution in [0.15, 0.2) is 11.6 Å². The van der Waals surface area contributed by atoms with E-state index in [0.29, 0.717) is 11.7 Å². The van der Waals surface area contributed by atoms with E-state index in [1.165, 1.54) is 0 Å². The second-order valence-electron chi connectivity index (χ2n) is 6.31. The summed E-state index contributed by atoms with van der Waals surface area (Å²) in [6.07, 6.45) is 1.84. The zero-order valence-corrected chi connectivity index (χ0v) is 14.1. The minimum absolute atomic E-state index is 0.126. The van der Waals surface area contributed by atoms with Crippen molar-refractivity contribution in [1.29, 1.82) is 0 Å². The molecule has 2 heterocycles. The molecule has 0 bridgehead atoms. The summed E-state index contributed by atoms with van der Waals surface area (Å²) >= 11 is 1.67. The highest BCUT2D eigenvalue weighted by molar-refractivity contribution is 7.09. The number of nitrogens with one attached hydrogen (secondary N) is 1. The van der Waals surface area contributed by atoms with E-state index in [4.69, 9.17) is 5.73 Å². The first kappa shape index (κ1) is 15.7. The Morgan fingerprint density at radius 2 is 2.05 bits per heavy atom. The molecule has 21 heavy (non-hydrogen) atoms. The summed E-state index contributed by atoms with van der Waals surface area (Å²) in [5.41, 5.74) is 6.79. The molecule has 0 aromatic carbocycles. The highest BCUT2D eigenvalue weighted by Gasteiger charge is 2.20. The number of aromatic nitrogens is 3. The number of anilines is 2. The van der Waals surface area contributed by atoms with Crippen molar-refractivity contribution in [2.45, 2.75) is 46.0 Å². The Kier molecular flexibility index (Phi) is 4.46. The van der Waals surface area contributed by atoms with Gasteiger partial charge in [0.1, 0.15) is 17.5 Å². The highest BCUT2D eigenvalue weighted by Crippen LogP contribution is 2.25. The van der Waals surface area contributed by atoms with E-state index >= 15 is 0 Å². The maximum atomic E-state index is 6.02. The average Bonchev–Trinajstić information content (AvgIpc) is 2.92. The van der Waals surface area contributed by atoms with Gasteiger partial charge in [-0.25, -0.2) is 15.0 Å². The van der Waals surface area contributed by atoms with Gasteiger partial charge >= 0.3 is 0 Å². The standard InChI is InChI=1S/C15H23N5S/c1-9(13-17-6-7-21-13)8-18-12-10(2)11(16)19-14(20-12)15(3,4)5/h6-7,9H,8H2,1-5H3,(H3,16,18,19,20). The lowest BCUT2D eigenvalue weighted by Crippen LogP contribution is -2.20. The minimum Gasteiger partial charge on any atom is -0.383 e. The molecule has 6 heteroatoms. The van der Waals surface area contributed by atoms with Crippen molar-refractivity contribution < 1.29 is 0 Å². The van der Waals surface area contributed by atoms with Crippen LogP contribution in [0.3, 0.4) is 0 Å². The van der Waals surface area contributed by atoms with Crippen LogP contribution in [0.2, 0.25) is 0 Å². The first-order chi connectivity index (χ1) is 9.79. The third-order valence-corrected chi connectivity index (χ3v) is 4.31. The van der Waals surface area contributed by atoms with Crippen LogP contribution >= 0.6 is 11.3 Å². The van der Waals surface area contributed by atoms with Crippen molar-refractivity contribution in [2.75, 3.05) is 17.6 Å². The molecular formula is C15H23N5S. The SMILES string of the molecule is Cc1c(N)nc(C(C)(C)C)nc1NCC(C)c1nccs1. The summed E-state index contributed by atoms with van der Waals surface area (Å²) in [5.74, 6) is 2.45. The lowest BCUT2D eigenvalue weighted by atomic mass is 9.95. The molecule has 2 aromatic rings. The Balaban J connectivity index is 2.18. The summed E-state index contributed by atoms with van der Waals surface area (Å²) in [6.45, 7) is 11.1. The maximum Gasteiger partial charge on any atom is 0.138 e. The molecule has 0 fully saturated rings. The Hall–Kier alpha value is -1.69. The molecule has 0 aliphatic carbocycles. The van der Waals surface area contributed by atoms with Gasteiger partial charge in [0.2, 0.25) is 0 Å². The van der Waals surface area contributed by atoms with Gasteiger partial charge in [-0.2, -0.15) is 0 Å². The Morgan fingerprint density at radius 1 is 1.33 bits per heavy atom. The maximum absolute atomic E-state index is 6.02. The van der Waals surface area contributed by atoms with Crippen molar-refractivity contribution in [3.8, 4) is 0 Å². The third-order valence-electron chi connectivity index (χ3n) is 3.30. The number of thiazole rings is 1. The van der Waals surface area contributed by atoms with Gasteiger partial charge in [0.25, 0.3) is 0 Å². The number of nitrogens with two attached hydrogens (primary N) is 1. The summed E-state index contributed by atoms with van der Waals surface area (Å²) in [6, 6.07) is 0. The van der Waals surface area contributed by atoms with Crippen LogP contribution in [0.4, 0.5) is 11.6 Å². The van der Waals surface area contributed by atoms with E-state index in [-0.39, 0.29) is 5.41 Å². The summed E-state index contributed by atoms with van der Waals surface area (Å²) < 4.78 is 0. The second-order valence-corrected chi connectivity index (χ2v) is 7.23. The third kappa shape index (κ3) is 3.69. The molecule has 0 saturated heterocycles. The Morgan fingerprint density at radius 3 is 2.62 bits per heavy atom. The predicted octanol–water partition coefficient (Wildman–Crippen LogP) is 3.34. The quantitative estimate of drug-likeness (QED) is 0.906. The fraction of sp³-hybridized carbons (Fsp3) is 0.533. The van der Waals surface area contributed by atoms with E-state index in [1.54, 1.807) is 11.3 Å². The molecule has 5 nitrogen and oxygen atoms in total. The number of rotatable bonds is 4. The summed E-state index contributed by atoms with van der Waals surface area (Å²) in [5, 5.41) is 6.51. The molecule has 0 radical (unpaired) electrons. The van der Waals surface area contributed by atoms with Crippen LogP contribution in [0.25, 0.3) is 0 Å². The summed E-state index contributed by atoms with van der Waals surface area (Å²) in [4.78, 5) is 13.4. The van der Waals surface area contributed by atoms with Crippen LogP contribution in [-0.2, 0) is 5.41 Å². The second kappa shape index (κ2) is 5.97. The summed E-state index contributed by atoms with van der Waals surface area (Å²) in [7, 11) is 0. The van der Waals surface area contributed by atoms with Gasteiger partial charge in [0, 0.05) is 35.0 Å². The zero-order valence-electron chi connectivity index (χ0n) is 13.3. The normalized spacial score (nSPS) is 13.2. The lowest BCUT2D eigenvalue weighted by Gasteiger charge is -2.20. The molecule has 3 N–H and O–H groups in total. The van der Waals surface area contributed by atoms with Crippen LogP contribution in [0.5, 0.6) is 0 Å². The molecule has 0 amide bonds. The molecule has 114 valence electrons. The number of nitrogens with zero attached hydrogens (tertiary/aromatic N) is 3. The topological polar surface area (TPSA) is 76.7 Å². The van der Waals surface area contributed by atoms with E-state index in [2.05, 4.69) is 48.0 Å². The number of hydrogen-bond acceptors (Lipinski definition) is 6. The van der Waals surface area contributed by atoms with Crippen molar-refractivity contribution in [3.05, 3.63) is 28.0 Å². The molecule has 1 atom stereocenters. The fourth-order valence-electron chi connectivity index (χ4n) is 1.86. The molecule has 0 spiro atoms. The van der Waals surface area contributed by atoms with E-state index in [1.807, 2.05) is 18.5 Å². The van der Waals surface area contributed by atoms with Crippen molar-refractivity contribution in [1.82, 2.24) is 15.0 Å². The van der Waals surface area contributed by atoms with Gasteiger partial charge in [0.15, 0.2) is 0 Å². The van der Waals surface area contributed by atoms with Crippen molar-refractivity contribution >= 4 is 23.0 Å². The molecular weight excluding hydrogens is 282 g/mol. The van der Waals surface area contributed by atoms with Crippen LogP contribution in [0, 0.1) is 6.92 Å². The Bertz CT molecular complexity index is 601. The van der Waals surface area contributed by atoms with Crippen LogP contribution in [-0.4, -0.2) is 21.5 Å². The molecule has 2 aromatic heterocycles. The molecule has 0 saturated carbocycles. The van der Waals surface area contributed by atoms with Crippen molar-refractivity contribution in [2.24, 2.45) is 0 Å². The first-order valence-corrected chi connectivity index (χ1v) is 7.95. The predicted molar refractivity (Wildman–Crippen MR) is 88.9 cm³/mol. The molecule has 0 aliphatic rings. The van der Waals surface area contributed by atoms with Gasteiger partial charge in [-0.3, -0.25) is 0 Å². The highest BCUT2D eigenvalue weighted by atomic mass is 32.1. The largest absolute Gasteiger partial charge is 0.383 e. The van der Waals surface area contributed by atoms with Gasteiger partial charge in [0.05, 0.1) is 5.01 Å². The van der Waals surface area contributed by atoms with Gasteiger partial charge < -0.3 is 11.1 Å². The average molecular weight is 305 g/mol. The van der Waals surface area contributed by atoms with E-state index in [0.717, 1.165) is 28.8 Å². The minimum atomic E-state index is -0.126.